The van der Waals surface area contributed by atoms with Crippen LogP contribution in [0.5, 0.6) is 0 Å². The van der Waals surface area contributed by atoms with E-state index in [1.165, 1.54) is 59.3 Å². The number of nitrogens with one attached hydrogen (secondary N) is 1. The van der Waals surface area contributed by atoms with Crippen molar-refractivity contribution in [2.24, 2.45) is 0 Å². The highest BCUT2D eigenvalue weighted by atomic mass is 16.5. The van der Waals surface area contributed by atoms with Crippen LogP contribution >= 0.6 is 0 Å². The van der Waals surface area contributed by atoms with Crippen LogP contribution in [0.1, 0.15) is 35.6 Å². The number of fused-ring (bicyclic) bond motifs is 1. The standard InChI is InChI=1S/C30H30N2O2/c1-34-29(33)18-15-22-13-16-23(17-14-22)28-12-7-20-32(28)21-19-26-25-10-5-6-11-27(25)31-30(26)24-8-3-2-4-9-24/h2-6,8-11,13-18,28,31H,7,12,19-21H2,1H3/b18-15+. The number of rotatable bonds is 7. The summed E-state index contributed by atoms with van der Waals surface area (Å²) in [5.41, 5.74) is 7.42. The van der Waals surface area contributed by atoms with Gasteiger partial charge >= 0.3 is 5.97 Å². The van der Waals surface area contributed by atoms with E-state index in [1.54, 1.807) is 6.08 Å². The third-order valence-corrected chi connectivity index (χ3v) is 6.82. The number of aromatic amines is 1. The van der Waals surface area contributed by atoms with Crippen LogP contribution in [-0.2, 0) is 16.0 Å². The van der Waals surface area contributed by atoms with Gasteiger partial charge in [-0.1, -0.05) is 72.8 Å². The van der Waals surface area contributed by atoms with Crippen molar-refractivity contribution < 1.29 is 9.53 Å². The molecule has 172 valence electrons. The molecule has 4 nitrogen and oxygen atoms in total. The van der Waals surface area contributed by atoms with Crippen LogP contribution in [0.25, 0.3) is 28.2 Å². The van der Waals surface area contributed by atoms with Gasteiger partial charge in [0.25, 0.3) is 0 Å². The summed E-state index contributed by atoms with van der Waals surface area (Å²) in [6, 6.07) is 28.2. The lowest BCUT2D eigenvalue weighted by molar-refractivity contribution is -0.134. The van der Waals surface area contributed by atoms with Gasteiger partial charge in [-0.15, -0.1) is 0 Å². The smallest absolute Gasteiger partial charge is 0.330 e. The molecule has 4 aromatic rings. The second kappa shape index (κ2) is 10.1. The highest BCUT2D eigenvalue weighted by molar-refractivity contribution is 5.90. The molecule has 1 aromatic heterocycles. The molecule has 0 bridgehead atoms. The molecular weight excluding hydrogens is 420 g/mol. The van der Waals surface area contributed by atoms with Crippen LogP contribution in [-0.4, -0.2) is 36.1 Å². The third-order valence-electron chi connectivity index (χ3n) is 6.82. The van der Waals surface area contributed by atoms with E-state index in [4.69, 9.17) is 0 Å². The van der Waals surface area contributed by atoms with Crippen molar-refractivity contribution in [1.29, 1.82) is 0 Å². The Morgan fingerprint density at radius 2 is 1.79 bits per heavy atom. The second-order valence-corrected chi connectivity index (χ2v) is 8.86. The fourth-order valence-electron chi connectivity index (χ4n) is 5.10. The maximum Gasteiger partial charge on any atom is 0.330 e. The Bertz CT molecular complexity index is 1290. The molecule has 0 spiro atoms. The lowest BCUT2D eigenvalue weighted by Gasteiger charge is -2.25. The molecule has 0 aliphatic carbocycles. The third kappa shape index (κ3) is 4.68. The van der Waals surface area contributed by atoms with Gasteiger partial charge in [0.05, 0.1) is 7.11 Å². The van der Waals surface area contributed by atoms with Crippen molar-refractivity contribution in [3.63, 3.8) is 0 Å². The number of benzene rings is 3. The molecule has 0 amide bonds. The zero-order chi connectivity index (χ0) is 23.3. The number of likely N-dealkylation sites (tertiary alicyclic amines) is 1. The fraction of sp³-hybridized carbons (Fsp3) is 0.233. The Balaban J connectivity index is 1.34. The highest BCUT2D eigenvalue weighted by Gasteiger charge is 2.26. The van der Waals surface area contributed by atoms with Crippen molar-refractivity contribution in [3.8, 4) is 11.3 Å². The van der Waals surface area contributed by atoms with Gasteiger partial charge in [0.2, 0.25) is 0 Å². The van der Waals surface area contributed by atoms with E-state index >= 15 is 0 Å². The van der Waals surface area contributed by atoms with Gasteiger partial charge in [0.15, 0.2) is 0 Å². The van der Waals surface area contributed by atoms with Gasteiger partial charge in [0, 0.05) is 35.3 Å². The minimum Gasteiger partial charge on any atom is -0.466 e. The summed E-state index contributed by atoms with van der Waals surface area (Å²) in [5.74, 6) is -0.335. The average molecular weight is 451 g/mol. The number of para-hydroxylation sites is 1. The molecule has 3 aromatic carbocycles. The van der Waals surface area contributed by atoms with Gasteiger partial charge < -0.3 is 9.72 Å². The van der Waals surface area contributed by atoms with Crippen molar-refractivity contribution in [3.05, 3.63) is 102 Å². The summed E-state index contributed by atoms with van der Waals surface area (Å²) in [7, 11) is 1.39. The molecule has 1 aliphatic rings. The van der Waals surface area contributed by atoms with Gasteiger partial charge in [-0.05, 0) is 60.2 Å². The number of H-pyrrole nitrogens is 1. The zero-order valence-corrected chi connectivity index (χ0v) is 19.5. The van der Waals surface area contributed by atoms with E-state index < -0.39 is 0 Å². The summed E-state index contributed by atoms with van der Waals surface area (Å²) in [6.45, 7) is 2.15. The van der Waals surface area contributed by atoms with Crippen LogP contribution < -0.4 is 0 Å². The number of nitrogens with zero attached hydrogens (tertiary/aromatic N) is 1. The van der Waals surface area contributed by atoms with Crippen LogP contribution in [0.15, 0.2) is 84.9 Å². The highest BCUT2D eigenvalue weighted by Crippen LogP contribution is 2.35. The quantitative estimate of drug-likeness (QED) is 0.262. The number of carbonyl (C=O) groups is 1. The van der Waals surface area contributed by atoms with Crippen LogP contribution in [0.2, 0.25) is 0 Å². The topological polar surface area (TPSA) is 45.3 Å². The normalized spacial score (nSPS) is 16.4. The number of methoxy groups -OCH3 is 1. The summed E-state index contributed by atoms with van der Waals surface area (Å²) in [5, 5.41) is 1.32. The molecule has 0 saturated carbocycles. The Hall–Kier alpha value is -3.63. The average Bonchev–Trinajstić information content (AvgIpc) is 3.51. The number of esters is 1. The Morgan fingerprint density at radius 1 is 1.03 bits per heavy atom. The molecule has 0 radical (unpaired) electrons. The first-order valence-corrected chi connectivity index (χ1v) is 12.0. The van der Waals surface area contributed by atoms with Crippen LogP contribution in [0, 0.1) is 0 Å². The number of hydrogen-bond donors (Lipinski definition) is 1. The number of carbonyl (C=O) groups excluding carboxylic acids is 1. The number of aromatic nitrogens is 1. The molecule has 34 heavy (non-hydrogen) atoms. The molecule has 1 saturated heterocycles. The lowest BCUT2D eigenvalue weighted by atomic mass is 10.0. The SMILES string of the molecule is COC(=O)/C=C/c1ccc(C2CCCN2CCc2c(-c3ccccc3)[nH]c3ccccc23)cc1. The molecule has 1 aliphatic heterocycles. The van der Waals surface area contributed by atoms with Gasteiger partial charge in [-0.25, -0.2) is 4.79 Å². The van der Waals surface area contributed by atoms with Gasteiger partial charge in [-0.3, -0.25) is 4.90 Å². The summed E-state index contributed by atoms with van der Waals surface area (Å²) in [4.78, 5) is 17.6. The zero-order valence-electron chi connectivity index (χ0n) is 19.5. The first-order valence-electron chi connectivity index (χ1n) is 12.0. The molecule has 1 atom stereocenters. The first-order chi connectivity index (χ1) is 16.7. The monoisotopic (exact) mass is 450 g/mol. The first kappa shape index (κ1) is 22.2. The summed E-state index contributed by atoms with van der Waals surface area (Å²) < 4.78 is 4.68. The maximum absolute atomic E-state index is 11.4. The van der Waals surface area contributed by atoms with Gasteiger partial charge in [0.1, 0.15) is 0 Å². The Labute approximate surface area is 200 Å². The minimum absolute atomic E-state index is 0.335. The predicted octanol–water partition coefficient (Wildman–Crippen LogP) is 6.40. The van der Waals surface area contributed by atoms with E-state index in [2.05, 4.69) is 93.5 Å². The molecule has 4 heteroatoms. The van der Waals surface area contributed by atoms with E-state index in [0.29, 0.717) is 6.04 Å². The van der Waals surface area contributed by atoms with Crippen molar-refractivity contribution >= 4 is 22.9 Å². The van der Waals surface area contributed by atoms with Crippen molar-refractivity contribution in [1.82, 2.24) is 9.88 Å². The number of hydrogen-bond acceptors (Lipinski definition) is 3. The van der Waals surface area contributed by atoms with E-state index in [0.717, 1.165) is 25.1 Å². The molecule has 1 unspecified atom stereocenters. The molecule has 1 fully saturated rings. The van der Waals surface area contributed by atoms with E-state index in [-0.39, 0.29) is 5.97 Å². The van der Waals surface area contributed by atoms with Crippen molar-refractivity contribution in [2.75, 3.05) is 20.2 Å². The largest absolute Gasteiger partial charge is 0.466 e. The lowest BCUT2D eigenvalue weighted by Crippen LogP contribution is -2.25. The molecule has 1 N–H and O–H groups in total. The Kier molecular flexibility index (Phi) is 6.59. The Morgan fingerprint density at radius 3 is 2.59 bits per heavy atom. The molecular formula is C30H30N2O2. The van der Waals surface area contributed by atoms with Crippen molar-refractivity contribution in [2.45, 2.75) is 25.3 Å². The summed E-state index contributed by atoms with van der Waals surface area (Å²) >= 11 is 0. The predicted molar refractivity (Wildman–Crippen MR) is 138 cm³/mol. The fourth-order valence-corrected chi connectivity index (χ4v) is 5.10. The van der Waals surface area contributed by atoms with E-state index in [1.807, 2.05) is 0 Å². The van der Waals surface area contributed by atoms with E-state index in [9.17, 15) is 4.79 Å². The van der Waals surface area contributed by atoms with Gasteiger partial charge in [-0.2, -0.15) is 0 Å². The van der Waals surface area contributed by atoms with Crippen LogP contribution in [0.3, 0.4) is 0 Å². The molecule has 2 heterocycles. The maximum atomic E-state index is 11.4. The molecule has 5 rings (SSSR count). The number of ether oxygens (including phenoxy) is 1. The van der Waals surface area contributed by atoms with Crippen LogP contribution in [0.4, 0.5) is 0 Å². The summed E-state index contributed by atoms with van der Waals surface area (Å²) in [6.07, 6.45) is 6.65. The second-order valence-electron chi connectivity index (χ2n) is 8.86. The minimum atomic E-state index is -0.335.